The molecule has 0 radical (unpaired) electrons. The molecule has 0 saturated heterocycles. The van der Waals surface area contributed by atoms with Gasteiger partial charge in [0, 0.05) is 6.54 Å². The SMILES string of the molecule is CCc1ccc(C2(C(=O)NCc3cccc(C)c3)CCCCC2)cc1. The van der Waals surface area contributed by atoms with Gasteiger partial charge in [-0.3, -0.25) is 4.79 Å². The molecule has 2 nitrogen and oxygen atoms in total. The van der Waals surface area contributed by atoms with E-state index in [4.69, 9.17) is 0 Å². The fourth-order valence-corrected chi connectivity index (χ4v) is 4.04. The lowest BCUT2D eigenvalue weighted by atomic mass is 9.68. The monoisotopic (exact) mass is 335 g/mol. The zero-order valence-corrected chi connectivity index (χ0v) is 15.5. The van der Waals surface area contributed by atoms with Crippen molar-refractivity contribution in [2.75, 3.05) is 0 Å². The molecule has 0 spiro atoms. The molecule has 25 heavy (non-hydrogen) atoms. The molecule has 2 aromatic carbocycles. The summed E-state index contributed by atoms with van der Waals surface area (Å²) >= 11 is 0. The number of amides is 1. The molecule has 0 heterocycles. The van der Waals surface area contributed by atoms with Crippen LogP contribution in [0.15, 0.2) is 48.5 Å². The summed E-state index contributed by atoms with van der Waals surface area (Å²) in [5.74, 6) is 0.193. The van der Waals surface area contributed by atoms with Gasteiger partial charge in [-0.25, -0.2) is 0 Å². The van der Waals surface area contributed by atoms with Crippen molar-refractivity contribution in [1.82, 2.24) is 5.32 Å². The van der Waals surface area contributed by atoms with Crippen molar-refractivity contribution in [2.24, 2.45) is 0 Å². The molecule has 2 aromatic rings. The minimum Gasteiger partial charge on any atom is -0.351 e. The van der Waals surface area contributed by atoms with Crippen molar-refractivity contribution in [1.29, 1.82) is 0 Å². The van der Waals surface area contributed by atoms with Crippen LogP contribution in [-0.2, 0) is 23.2 Å². The van der Waals surface area contributed by atoms with E-state index in [-0.39, 0.29) is 11.3 Å². The van der Waals surface area contributed by atoms with Crippen LogP contribution in [0.3, 0.4) is 0 Å². The Kier molecular flexibility index (Phi) is 5.57. The standard InChI is InChI=1S/C23H29NO/c1-3-19-10-12-21(13-11-19)23(14-5-4-6-15-23)22(25)24-17-20-9-7-8-18(2)16-20/h7-13,16H,3-6,14-15,17H2,1-2H3,(H,24,25). The Morgan fingerprint density at radius 2 is 1.72 bits per heavy atom. The predicted molar refractivity (Wildman–Crippen MR) is 104 cm³/mol. The third kappa shape index (κ3) is 3.95. The van der Waals surface area contributed by atoms with Gasteiger partial charge >= 0.3 is 0 Å². The van der Waals surface area contributed by atoms with Gasteiger partial charge in [-0.05, 0) is 42.9 Å². The summed E-state index contributed by atoms with van der Waals surface area (Å²) in [7, 11) is 0. The average molecular weight is 335 g/mol. The molecule has 0 bridgehead atoms. The minimum absolute atomic E-state index is 0.193. The number of hydrogen-bond acceptors (Lipinski definition) is 1. The summed E-state index contributed by atoms with van der Waals surface area (Å²) in [6, 6.07) is 17.1. The first kappa shape index (κ1) is 17.7. The van der Waals surface area contributed by atoms with Gasteiger partial charge < -0.3 is 5.32 Å². The topological polar surface area (TPSA) is 29.1 Å². The molecule has 0 atom stereocenters. The van der Waals surface area contributed by atoms with E-state index in [0.717, 1.165) is 32.1 Å². The van der Waals surface area contributed by atoms with Crippen LogP contribution < -0.4 is 5.32 Å². The summed E-state index contributed by atoms with van der Waals surface area (Å²) in [5, 5.41) is 3.22. The number of hydrogen-bond donors (Lipinski definition) is 1. The molecule has 1 N–H and O–H groups in total. The summed E-state index contributed by atoms with van der Waals surface area (Å²) in [5.41, 5.74) is 4.56. The lowest BCUT2D eigenvalue weighted by Gasteiger charge is -2.36. The van der Waals surface area contributed by atoms with Gasteiger partial charge in [-0.1, -0.05) is 80.3 Å². The third-order valence-corrected chi connectivity index (χ3v) is 5.59. The third-order valence-electron chi connectivity index (χ3n) is 5.59. The van der Waals surface area contributed by atoms with Crippen LogP contribution in [-0.4, -0.2) is 5.91 Å². The van der Waals surface area contributed by atoms with Crippen molar-refractivity contribution in [3.05, 3.63) is 70.8 Å². The maximum atomic E-state index is 13.2. The normalized spacial score (nSPS) is 16.4. The van der Waals surface area contributed by atoms with E-state index in [1.54, 1.807) is 0 Å². The molecule has 1 saturated carbocycles. The molecule has 0 aliphatic heterocycles. The van der Waals surface area contributed by atoms with Crippen molar-refractivity contribution < 1.29 is 4.79 Å². The first-order valence-corrected chi connectivity index (χ1v) is 9.57. The van der Waals surface area contributed by atoms with E-state index in [1.165, 1.54) is 28.7 Å². The highest BCUT2D eigenvalue weighted by Gasteiger charge is 2.40. The Morgan fingerprint density at radius 1 is 1.00 bits per heavy atom. The van der Waals surface area contributed by atoms with Gasteiger partial charge in [0.2, 0.25) is 5.91 Å². The molecule has 132 valence electrons. The van der Waals surface area contributed by atoms with E-state index in [1.807, 2.05) is 0 Å². The van der Waals surface area contributed by atoms with Crippen molar-refractivity contribution in [2.45, 2.75) is 64.3 Å². The lowest BCUT2D eigenvalue weighted by Crippen LogP contribution is -2.45. The van der Waals surface area contributed by atoms with E-state index in [9.17, 15) is 4.79 Å². The molecule has 2 heteroatoms. The highest BCUT2D eigenvalue weighted by molar-refractivity contribution is 5.88. The van der Waals surface area contributed by atoms with Crippen LogP contribution in [0.5, 0.6) is 0 Å². The number of carbonyl (C=O) groups excluding carboxylic acids is 1. The number of benzene rings is 2. The Morgan fingerprint density at radius 3 is 2.36 bits per heavy atom. The largest absolute Gasteiger partial charge is 0.351 e. The van der Waals surface area contributed by atoms with Gasteiger partial charge in [0.25, 0.3) is 0 Å². The van der Waals surface area contributed by atoms with E-state index in [2.05, 4.69) is 67.7 Å². The lowest BCUT2D eigenvalue weighted by molar-refractivity contribution is -0.128. The fourth-order valence-electron chi connectivity index (χ4n) is 4.04. The van der Waals surface area contributed by atoms with Crippen molar-refractivity contribution in [3.8, 4) is 0 Å². The maximum Gasteiger partial charge on any atom is 0.230 e. The molecule has 1 aliphatic carbocycles. The van der Waals surface area contributed by atoms with Gasteiger partial charge in [-0.2, -0.15) is 0 Å². The minimum atomic E-state index is -0.353. The zero-order valence-electron chi connectivity index (χ0n) is 15.5. The summed E-state index contributed by atoms with van der Waals surface area (Å²) in [6.07, 6.45) is 6.45. The zero-order chi connectivity index (χ0) is 17.7. The van der Waals surface area contributed by atoms with Crippen LogP contribution in [0.25, 0.3) is 0 Å². The second kappa shape index (κ2) is 7.86. The van der Waals surface area contributed by atoms with Crippen molar-refractivity contribution in [3.63, 3.8) is 0 Å². The molecule has 1 aliphatic rings. The molecule has 1 amide bonds. The molecular formula is C23H29NO. The van der Waals surface area contributed by atoms with E-state index in [0.29, 0.717) is 6.54 Å². The number of rotatable bonds is 5. The Balaban J connectivity index is 1.80. The highest BCUT2D eigenvalue weighted by atomic mass is 16.2. The van der Waals surface area contributed by atoms with Gasteiger partial charge in [0.05, 0.1) is 5.41 Å². The first-order chi connectivity index (χ1) is 12.1. The van der Waals surface area contributed by atoms with Crippen LogP contribution in [0.2, 0.25) is 0 Å². The summed E-state index contributed by atoms with van der Waals surface area (Å²) < 4.78 is 0. The van der Waals surface area contributed by atoms with Crippen LogP contribution in [0.4, 0.5) is 0 Å². The first-order valence-electron chi connectivity index (χ1n) is 9.57. The molecule has 0 unspecified atom stereocenters. The molecule has 0 aromatic heterocycles. The van der Waals surface area contributed by atoms with E-state index >= 15 is 0 Å². The Bertz CT molecular complexity index is 711. The van der Waals surface area contributed by atoms with Crippen LogP contribution >= 0.6 is 0 Å². The second-order valence-electron chi connectivity index (χ2n) is 7.36. The molecule has 3 rings (SSSR count). The van der Waals surface area contributed by atoms with Gasteiger partial charge in [0.1, 0.15) is 0 Å². The number of carbonyl (C=O) groups is 1. The van der Waals surface area contributed by atoms with Crippen LogP contribution in [0.1, 0.15) is 61.3 Å². The smallest absolute Gasteiger partial charge is 0.230 e. The average Bonchev–Trinajstić information content (AvgIpc) is 2.67. The molecule has 1 fully saturated rings. The van der Waals surface area contributed by atoms with Gasteiger partial charge in [-0.15, -0.1) is 0 Å². The Labute approximate surface area is 151 Å². The summed E-state index contributed by atoms with van der Waals surface area (Å²) in [4.78, 5) is 13.2. The van der Waals surface area contributed by atoms with Gasteiger partial charge in [0.15, 0.2) is 0 Å². The quantitative estimate of drug-likeness (QED) is 0.811. The molecular weight excluding hydrogens is 306 g/mol. The second-order valence-corrected chi connectivity index (χ2v) is 7.36. The number of nitrogens with one attached hydrogen (secondary N) is 1. The van der Waals surface area contributed by atoms with E-state index < -0.39 is 0 Å². The van der Waals surface area contributed by atoms with Crippen LogP contribution in [0, 0.1) is 6.92 Å². The maximum absolute atomic E-state index is 13.2. The highest BCUT2D eigenvalue weighted by Crippen LogP contribution is 2.40. The predicted octanol–water partition coefficient (Wildman–Crippen LogP) is 5.08. The fraction of sp³-hybridized carbons (Fsp3) is 0.435. The Hall–Kier alpha value is -2.09. The summed E-state index contributed by atoms with van der Waals surface area (Å²) in [6.45, 7) is 4.86. The van der Waals surface area contributed by atoms with Crippen molar-refractivity contribution >= 4 is 5.91 Å². The number of aryl methyl sites for hydroxylation is 2.